The fourth-order valence-electron chi connectivity index (χ4n) is 2.17. The van der Waals surface area contributed by atoms with Crippen LogP contribution in [0.2, 0.25) is 0 Å². The maximum absolute atomic E-state index is 2.31. The Morgan fingerprint density at radius 1 is 0.684 bits per heavy atom. The summed E-state index contributed by atoms with van der Waals surface area (Å²) in [5, 5.41) is 0. The van der Waals surface area contributed by atoms with Crippen LogP contribution in [0.4, 0.5) is 0 Å². The van der Waals surface area contributed by atoms with Gasteiger partial charge < -0.3 is 0 Å². The van der Waals surface area contributed by atoms with Crippen LogP contribution in [-0.2, 0) is 0 Å². The van der Waals surface area contributed by atoms with E-state index in [1.807, 2.05) is 34.0 Å². The van der Waals surface area contributed by atoms with Crippen LogP contribution in [0.5, 0.6) is 0 Å². The molecule has 0 saturated heterocycles. The lowest BCUT2D eigenvalue weighted by Gasteiger charge is -1.93. The monoisotopic (exact) mass is 304 g/mol. The van der Waals surface area contributed by atoms with Crippen LogP contribution in [0.3, 0.4) is 0 Å². The molecule has 98 valence electrons. The topological polar surface area (TPSA) is 0 Å². The summed E-state index contributed by atoms with van der Waals surface area (Å²) < 4.78 is 0. The van der Waals surface area contributed by atoms with Crippen LogP contribution in [0.1, 0.15) is 20.9 Å². The van der Waals surface area contributed by atoms with Gasteiger partial charge in [-0.25, -0.2) is 0 Å². The standard InChI is InChI=1S/C16H16S3/c1-9-8-15(18-12(9)4)13-5-6-14(19-13)16-10(2)7-11(3)17-16/h5-8H,1-4H3. The molecule has 3 heterocycles. The molecule has 3 heteroatoms. The van der Waals surface area contributed by atoms with Crippen molar-refractivity contribution in [3.05, 3.63) is 45.1 Å². The van der Waals surface area contributed by atoms with Gasteiger partial charge in [0.05, 0.1) is 0 Å². The minimum absolute atomic E-state index is 1.39. The van der Waals surface area contributed by atoms with Gasteiger partial charge in [0.2, 0.25) is 0 Å². The summed E-state index contributed by atoms with van der Waals surface area (Å²) in [7, 11) is 0. The van der Waals surface area contributed by atoms with Crippen molar-refractivity contribution in [2.24, 2.45) is 0 Å². The van der Waals surface area contributed by atoms with E-state index >= 15 is 0 Å². The van der Waals surface area contributed by atoms with Gasteiger partial charge in [0.1, 0.15) is 0 Å². The highest BCUT2D eigenvalue weighted by atomic mass is 32.1. The molecule has 0 nitrogen and oxygen atoms in total. The third-order valence-electron chi connectivity index (χ3n) is 3.28. The minimum Gasteiger partial charge on any atom is -0.139 e. The van der Waals surface area contributed by atoms with E-state index in [1.54, 1.807) is 0 Å². The molecule has 19 heavy (non-hydrogen) atoms. The predicted octanol–water partition coefficient (Wildman–Crippen LogP) is 6.44. The molecular weight excluding hydrogens is 288 g/mol. The van der Waals surface area contributed by atoms with Gasteiger partial charge in [-0.1, -0.05) is 0 Å². The molecule has 0 N–H and O–H groups in total. The summed E-state index contributed by atoms with van der Waals surface area (Å²) in [4.78, 5) is 8.44. The van der Waals surface area contributed by atoms with Crippen molar-refractivity contribution in [3.8, 4) is 19.5 Å². The number of thiophene rings is 3. The Bertz CT molecular complexity index is 706. The first kappa shape index (κ1) is 13.1. The normalized spacial score (nSPS) is 11.2. The zero-order valence-electron chi connectivity index (χ0n) is 11.5. The Balaban J connectivity index is 2.02. The second-order valence-electron chi connectivity index (χ2n) is 4.88. The lowest BCUT2D eigenvalue weighted by Crippen LogP contribution is -1.66. The number of aryl methyl sites for hydroxylation is 4. The van der Waals surface area contributed by atoms with Crippen LogP contribution in [-0.4, -0.2) is 0 Å². The van der Waals surface area contributed by atoms with Gasteiger partial charge in [0.25, 0.3) is 0 Å². The summed E-state index contributed by atoms with van der Waals surface area (Å²) >= 11 is 5.71. The third-order valence-corrected chi connectivity index (χ3v) is 7.05. The number of rotatable bonds is 2. The van der Waals surface area contributed by atoms with Gasteiger partial charge in [0.15, 0.2) is 0 Å². The largest absolute Gasteiger partial charge is 0.139 e. The molecule has 3 aromatic heterocycles. The fraction of sp³-hybridized carbons (Fsp3) is 0.250. The van der Waals surface area contributed by atoms with E-state index in [4.69, 9.17) is 0 Å². The molecule has 0 amide bonds. The quantitative estimate of drug-likeness (QED) is 0.511. The molecule has 0 radical (unpaired) electrons. The smallest absolute Gasteiger partial charge is 0.0474 e. The SMILES string of the molecule is Cc1cc(C)c(-c2ccc(-c3cc(C)c(C)s3)s2)s1. The second kappa shape index (κ2) is 4.89. The fourth-order valence-corrected chi connectivity index (χ4v) is 5.50. The molecule has 0 spiro atoms. The first-order valence-corrected chi connectivity index (χ1v) is 8.74. The molecule has 0 fully saturated rings. The zero-order chi connectivity index (χ0) is 13.6. The summed E-state index contributed by atoms with van der Waals surface area (Å²) in [5.74, 6) is 0. The van der Waals surface area contributed by atoms with Crippen LogP contribution >= 0.6 is 34.0 Å². The van der Waals surface area contributed by atoms with E-state index in [0.29, 0.717) is 0 Å². The summed E-state index contributed by atoms with van der Waals surface area (Å²) in [5.41, 5.74) is 2.80. The maximum Gasteiger partial charge on any atom is 0.0474 e. The zero-order valence-corrected chi connectivity index (χ0v) is 14.0. The average molecular weight is 305 g/mol. The van der Waals surface area contributed by atoms with E-state index in [1.165, 1.54) is 40.4 Å². The van der Waals surface area contributed by atoms with Crippen LogP contribution in [0.25, 0.3) is 19.5 Å². The lowest BCUT2D eigenvalue weighted by atomic mass is 10.2. The molecule has 0 aliphatic rings. The van der Waals surface area contributed by atoms with Crippen molar-refractivity contribution in [1.82, 2.24) is 0 Å². The van der Waals surface area contributed by atoms with Crippen LogP contribution in [0, 0.1) is 27.7 Å². The summed E-state index contributed by atoms with van der Waals surface area (Å²) in [6.07, 6.45) is 0. The van der Waals surface area contributed by atoms with Gasteiger partial charge in [-0.3, -0.25) is 0 Å². The van der Waals surface area contributed by atoms with E-state index in [9.17, 15) is 0 Å². The molecule has 3 rings (SSSR count). The molecule has 0 bridgehead atoms. The Hall–Kier alpha value is -0.900. The lowest BCUT2D eigenvalue weighted by molar-refractivity contribution is 1.44. The van der Waals surface area contributed by atoms with Crippen molar-refractivity contribution in [2.45, 2.75) is 27.7 Å². The first-order chi connectivity index (χ1) is 9.04. The Labute approximate surface area is 126 Å². The van der Waals surface area contributed by atoms with E-state index < -0.39 is 0 Å². The highest BCUT2D eigenvalue weighted by Crippen LogP contribution is 2.41. The first-order valence-electron chi connectivity index (χ1n) is 6.29. The van der Waals surface area contributed by atoms with Crippen molar-refractivity contribution >= 4 is 34.0 Å². The van der Waals surface area contributed by atoms with Gasteiger partial charge in [-0.15, -0.1) is 34.0 Å². The predicted molar refractivity (Wildman–Crippen MR) is 89.9 cm³/mol. The Kier molecular flexibility index (Phi) is 3.37. The summed E-state index contributed by atoms with van der Waals surface area (Å²) in [6, 6.07) is 9.11. The molecule has 0 saturated carbocycles. The van der Waals surface area contributed by atoms with Crippen molar-refractivity contribution in [1.29, 1.82) is 0 Å². The van der Waals surface area contributed by atoms with Crippen molar-refractivity contribution in [3.63, 3.8) is 0 Å². The van der Waals surface area contributed by atoms with Crippen molar-refractivity contribution in [2.75, 3.05) is 0 Å². The van der Waals surface area contributed by atoms with Crippen molar-refractivity contribution < 1.29 is 0 Å². The van der Waals surface area contributed by atoms with Crippen LogP contribution in [0.15, 0.2) is 24.3 Å². The number of hydrogen-bond acceptors (Lipinski definition) is 3. The highest BCUT2D eigenvalue weighted by molar-refractivity contribution is 7.26. The van der Waals surface area contributed by atoms with E-state index in [2.05, 4.69) is 52.0 Å². The molecular formula is C16H16S3. The molecule has 0 aromatic carbocycles. The van der Waals surface area contributed by atoms with E-state index in [-0.39, 0.29) is 0 Å². The molecule has 0 aliphatic carbocycles. The number of hydrogen-bond donors (Lipinski definition) is 0. The third kappa shape index (κ3) is 2.42. The van der Waals surface area contributed by atoms with Gasteiger partial charge in [0, 0.05) is 29.3 Å². The van der Waals surface area contributed by atoms with E-state index in [0.717, 1.165) is 0 Å². The molecule has 0 unspecified atom stereocenters. The highest BCUT2D eigenvalue weighted by Gasteiger charge is 2.11. The second-order valence-corrected chi connectivity index (χ2v) is 8.48. The van der Waals surface area contributed by atoms with Gasteiger partial charge in [-0.05, 0) is 63.1 Å². The molecule has 0 atom stereocenters. The molecule has 0 aliphatic heterocycles. The molecule has 3 aromatic rings. The summed E-state index contributed by atoms with van der Waals surface area (Å²) in [6.45, 7) is 8.78. The average Bonchev–Trinajstić information content (AvgIpc) is 3.01. The Morgan fingerprint density at radius 3 is 2.00 bits per heavy atom. The van der Waals surface area contributed by atoms with Gasteiger partial charge in [-0.2, -0.15) is 0 Å². The maximum atomic E-state index is 2.31. The van der Waals surface area contributed by atoms with Gasteiger partial charge >= 0.3 is 0 Å². The van der Waals surface area contributed by atoms with Crippen LogP contribution < -0.4 is 0 Å². The Morgan fingerprint density at radius 2 is 1.42 bits per heavy atom. The minimum atomic E-state index is 1.39.